The van der Waals surface area contributed by atoms with Crippen molar-refractivity contribution in [3.05, 3.63) is 65.7 Å². The second kappa shape index (κ2) is 9.44. The van der Waals surface area contributed by atoms with Crippen LogP contribution in [0.25, 0.3) is 0 Å². The highest BCUT2D eigenvalue weighted by Crippen LogP contribution is 2.17. The van der Waals surface area contributed by atoms with Crippen LogP contribution >= 0.6 is 0 Å². The molecule has 0 aliphatic rings. The van der Waals surface area contributed by atoms with Gasteiger partial charge >= 0.3 is 6.03 Å². The first-order valence-electron chi connectivity index (χ1n) is 8.18. The molecule has 25 heavy (non-hydrogen) atoms. The van der Waals surface area contributed by atoms with Gasteiger partial charge in [0.15, 0.2) is 6.04 Å². The number of carbonyl (C=O) groups excluding carboxylic acids is 2. The number of quaternary nitrogens is 1. The lowest BCUT2D eigenvalue weighted by atomic mass is 10.1. The summed E-state index contributed by atoms with van der Waals surface area (Å²) in [6.45, 7) is 0.682. The number of rotatable bonds is 7. The van der Waals surface area contributed by atoms with Crippen molar-refractivity contribution >= 4 is 11.9 Å². The van der Waals surface area contributed by atoms with Crippen molar-refractivity contribution in [2.24, 2.45) is 0 Å². The van der Waals surface area contributed by atoms with Gasteiger partial charge < -0.3 is 15.4 Å². The lowest BCUT2D eigenvalue weighted by Gasteiger charge is -2.16. The Hall–Kier alpha value is -2.86. The third-order valence-corrected chi connectivity index (χ3v) is 3.91. The molecule has 0 aromatic heterocycles. The summed E-state index contributed by atoms with van der Waals surface area (Å²) in [6.07, 6.45) is 0.751. The van der Waals surface area contributed by atoms with Crippen LogP contribution in [0.3, 0.4) is 0 Å². The minimum atomic E-state index is -0.510. The van der Waals surface area contributed by atoms with Crippen molar-refractivity contribution in [2.75, 3.05) is 20.7 Å². The number of urea groups is 1. The smallest absolute Gasteiger partial charge is 0.321 e. The van der Waals surface area contributed by atoms with E-state index >= 15 is 0 Å². The van der Waals surface area contributed by atoms with Gasteiger partial charge in [-0.1, -0.05) is 48.5 Å². The first kappa shape index (κ1) is 18.5. The molecular formula is C19H24N3O3+. The van der Waals surface area contributed by atoms with E-state index in [1.54, 1.807) is 7.11 Å². The summed E-state index contributed by atoms with van der Waals surface area (Å²) in [6, 6.07) is 16.2. The van der Waals surface area contributed by atoms with E-state index in [-0.39, 0.29) is 5.91 Å². The van der Waals surface area contributed by atoms with Crippen molar-refractivity contribution in [3.8, 4) is 5.75 Å². The van der Waals surface area contributed by atoms with E-state index in [0.717, 1.165) is 23.3 Å². The van der Waals surface area contributed by atoms with Gasteiger partial charge in [0.2, 0.25) is 0 Å². The molecule has 2 aromatic carbocycles. The minimum Gasteiger partial charge on any atom is -0.496 e. The van der Waals surface area contributed by atoms with E-state index in [9.17, 15) is 9.59 Å². The second-order valence-corrected chi connectivity index (χ2v) is 5.54. The molecule has 4 N–H and O–H groups in total. The maximum absolute atomic E-state index is 12.5. The van der Waals surface area contributed by atoms with Crippen LogP contribution in [0, 0.1) is 0 Å². The Morgan fingerprint density at radius 2 is 1.76 bits per heavy atom. The highest BCUT2D eigenvalue weighted by molar-refractivity contribution is 5.96. The molecule has 2 rings (SSSR count). The summed E-state index contributed by atoms with van der Waals surface area (Å²) in [7, 11) is 3.12. The molecule has 6 heteroatoms. The maximum atomic E-state index is 12.5. The lowest BCUT2D eigenvalue weighted by Crippen LogP contribution is -2.88. The van der Waals surface area contributed by atoms with Gasteiger partial charge in [-0.3, -0.25) is 10.1 Å². The summed E-state index contributed by atoms with van der Waals surface area (Å²) in [5, 5.41) is 6.68. The Balaban J connectivity index is 2.06. The van der Waals surface area contributed by atoms with Gasteiger partial charge in [-0.25, -0.2) is 4.79 Å². The molecule has 0 unspecified atom stereocenters. The fourth-order valence-corrected chi connectivity index (χ4v) is 2.62. The minimum absolute atomic E-state index is 0.342. The van der Waals surface area contributed by atoms with Crippen LogP contribution in [0.5, 0.6) is 5.75 Å². The molecule has 3 amide bonds. The molecule has 0 saturated carbocycles. The van der Waals surface area contributed by atoms with Crippen molar-refractivity contribution < 1.29 is 19.6 Å². The van der Waals surface area contributed by atoms with Gasteiger partial charge in [0.25, 0.3) is 5.91 Å². The molecule has 0 fully saturated rings. The normalized spacial score (nSPS) is 11.4. The molecule has 1 atom stereocenters. The first-order chi connectivity index (χ1) is 12.2. The van der Waals surface area contributed by atoms with Crippen molar-refractivity contribution in [3.63, 3.8) is 0 Å². The zero-order valence-electron chi connectivity index (χ0n) is 14.5. The highest BCUT2D eigenvalue weighted by Gasteiger charge is 2.25. The number of hydrogen-bond donors (Lipinski definition) is 3. The Morgan fingerprint density at radius 1 is 1.08 bits per heavy atom. The van der Waals surface area contributed by atoms with Gasteiger partial charge in [-0.2, -0.15) is 0 Å². The predicted molar refractivity (Wildman–Crippen MR) is 95.3 cm³/mol. The van der Waals surface area contributed by atoms with E-state index in [0.29, 0.717) is 6.54 Å². The quantitative estimate of drug-likeness (QED) is 0.702. The van der Waals surface area contributed by atoms with Crippen LogP contribution in [0.4, 0.5) is 4.79 Å². The van der Waals surface area contributed by atoms with Crippen LogP contribution in [0.1, 0.15) is 17.2 Å². The van der Waals surface area contributed by atoms with Crippen LogP contribution in [0.2, 0.25) is 0 Å². The summed E-state index contributed by atoms with van der Waals surface area (Å²) in [5.41, 5.74) is 1.93. The number of carbonyl (C=O) groups is 2. The second-order valence-electron chi connectivity index (χ2n) is 5.54. The third kappa shape index (κ3) is 5.32. The molecule has 0 aliphatic heterocycles. The number of para-hydroxylation sites is 1. The molecule has 2 aromatic rings. The van der Waals surface area contributed by atoms with E-state index in [4.69, 9.17) is 4.74 Å². The number of nitrogens with one attached hydrogen (secondary N) is 2. The lowest BCUT2D eigenvalue weighted by molar-refractivity contribution is -0.682. The molecule has 0 aliphatic carbocycles. The largest absolute Gasteiger partial charge is 0.496 e. The fourth-order valence-electron chi connectivity index (χ4n) is 2.62. The predicted octanol–water partition coefficient (Wildman–Crippen LogP) is 0.998. The number of ether oxygens (including phenoxy) is 1. The fraction of sp³-hybridized carbons (Fsp3) is 0.263. The molecular weight excluding hydrogens is 318 g/mol. The zero-order valence-corrected chi connectivity index (χ0v) is 14.5. The maximum Gasteiger partial charge on any atom is 0.321 e. The van der Waals surface area contributed by atoms with Crippen LogP contribution in [-0.4, -0.2) is 32.6 Å². The number of methoxy groups -OCH3 is 1. The van der Waals surface area contributed by atoms with Crippen LogP contribution in [-0.2, 0) is 11.2 Å². The molecule has 0 radical (unpaired) electrons. The monoisotopic (exact) mass is 342 g/mol. The van der Waals surface area contributed by atoms with Gasteiger partial charge in [-0.15, -0.1) is 0 Å². The molecule has 0 saturated heterocycles. The summed E-state index contributed by atoms with van der Waals surface area (Å²) < 4.78 is 5.36. The van der Waals surface area contributed by atoms with Gasteiger partial charge in [-0.05, 0) is 11.6 Å². The molecule has 0 heterocycles. The Labute approximate surface area is 147 Å². The number of nitrogens with two attached hydrogens (primary N) is 1. The Bertz CT molecular complexity index is 704. The molecule has 0 bridgehead atoms. The highest BCUT2D eigenvalue weighted by atomic mass is 16.5. The summed E-state index contributed by atoms with van der Waals surface area (Å²) in [5.74, 6) is 0.493. The van der Waals surface area contributed by atoms with E-state index in [1.165, 1.54) is 7.05 Å². The number of hydrogen-bond acceptors (Lipinski definition) is 3. The summed E-state index contributed by atoms with van der Waals surface area (Å²) >= 11 is 0. The van der Waals surface area contributed by atoms with Gasteiger partial charge in [0, 0.05) is 19.0 Å². The number of benzene rings is 2. The first-order valence-corrected chi connectivity index (χ1v) is 8.18. The molecule has 0 spiro atoms. The topological polar surface area (TPSA) is 84.0 Å². The van der Waals surface area contributed by atoms with E-state index < -0.39 is 12.1 Å². The van der Waals surface area contributed by atoms with Crippen molar-refractivity contribution in [1.29, 1.82) is 0 Å². The van der Waals surface area contributed by atoms with Crippen LogP contribution in [0.15, 0.2) is 54.6 Å². The average Bonchev–Trinajstić information content (AvgIpc) is 2.66. The van der Waals surface area contributed by atoms with Crippen molar-refractivity contribution in [2.45, 2.75) is 12.5 Å². The number of amides is 3. The third-order valence-electron chi connectivity index (χ3n) is 3.91. The van der Waals surface area contributed by atoms with E-state index in [2.05, 4.69) is 10.6 Å². The van der Waals surface area contributed by atoms with E-state index in [1.807, 2.05) is 59.9 Å². The SMILES string of the molecule is CNC(=O)NC(=O)[C@H]([NH2+]CCc1ccccc1OC)c1ccccc1. The zero-order chi connectivity index (χ0) is 18.1. The standard InChI is InChI=1S/C19H23N3O3/c1-20-19(24)22-18(23)17(15-9-4-3-5-10-15)21-13-12-14-8-6-7-11-16(14)25-2/h3-11,17,21H,12-13H2,1-2H3,(H2,20,22,23,24)/p+1/t17-/m1/s1. The molecule has 6 nitrogen and oxygen atoms in total. The van der Waals surface area contributed by atoms with Crippen molar-refractivity contribution in [1.82, 2.24) is 10.6 Å². The molecule has 132 valence electrons. The van der Waals surface area contributed by atoms with Gasteiger partial charge in [0.1, 0.15) is 5.75 Å². The summed E-state index contributed by atoms with van der Waals surface area (Å²) in [4.78, 5) is 23.9. The Kier molecular flexibility index (Phi) is 6.98. The van der Waals surface area contributed by atoms with Gasteiger partial charge in [0.05, 0.1) is 13.7 Å². The Morgan fingerprint density at radius 3 is 2.44 bits per heavy atom. The number of imide groups is 1. The average molecular weight is 342 g/mol. The van der Waals surface area contributed by atoms with Crippen LogP contribution < -0.4 is 20.7 Å².